The van der Waals surface area contributed by atoms with E-state index in [2.05, 4.69) is 4.98 Å². The van der Waals surface area contributed by atoms with E-state index in [1.54, 1.807) is 18.4 Å². The van der Waals surface area contributed by atoms with Gasteiger partial charge in [0.15, 0.2) is 0 Å². The van der Waals surface area contributed by atoms with Crippen LogP contribution in [-0.2, 0) is 10.3 Å². The van der Waals surface area contributed by atoms with E-state index in [1.165, 1.54) is 0 Å². The Morgan fingerprint density at radius 1 is 1.04 bits per heavy atom. The lowest BCUT2D eigenvalue weighted by Crippen LogP contribution is -2.36. The summed E-state index contributed by atoms with van der Waals surface area (Å²) in [4.78, 5) is 16.3. The van der Waals surface area contributed by atoms with Gasteiger partial charge in [0.25, 0.3) is 0 Å². The monoisotopic (exact) mass is 306 g/mol. The second-order valence-electron chi connectivity index (χ2n) is 5.90. The zero-order valence-corrected chi connectivity index (χ0v) is 13.1. The first kappa shape index (κ1) is 15.0. The lowest BCUT2D eigenvalue weighted by molar-refractivity contribution is -0.145. The topological polar surface area (TPSA) is 55.1 Å². The van der Waals surface area contributed by atoms with Gasteiger partial charge >= 0.3 is 5.97 Å². The molecule has 0 aliphatic carbocycles. The van der Waals surface area contributed by atoms with Gasteiger partial charge in [0.05, 0.1) is 11.0 Å². The quantitative estimate of drug-likeness (QED) is 0.792. The molecular formula is C19H18N2O2. The Hall–Kier alpha value is -2.88. The molecule has 0 radical (unpaired) electrons. The standard InChI is InChI=1S/C19H18N2O2/c1-19(2,18(22)23)21-16-11-7-6-10-15(16)20-17(21)13-12-14-8-4-3-5-9-14/h3-13H,1-2H3,(H,22,23)/b13-12+. The second-order valence-corrected chi connectivity index (χ2v) is 5.90. The van der Waals surface area contributed by atoms with Crippen molar-refractivity contribution in [1.29, 1.82) is 0 Å². The van der Waals surface area contributed by atoms with Gasteiger partial charge in [0.2, 0.25) is 0 Å². The SMILES string of the molecule is CC(C)(C(=O)O)n1c(/C=C/c2ccccc2)nc2ccccc21. The number of carboxylic acids is 1. The van der Waals surface area contributed by atoms with Gasteiger partial charge in [0, 0.05) is 0 Å². The Kier molecular flexibility index (Phi) is 3.74. The molecule has 0 aliphatic heterocycles. The van der Waals surface area contributed by atoms with Crippen LogP contribution >= 0.6 is 0 Å². The van der Waals surface area contributed by atoms with Gasteiger partial charge in [-0.2, -0.15) is 0 Å². The molecule has 0 amide bonds. The molecule has 116 valence electrons. The fourth-order valence-corrected chi connectivity index (χ4v) is 2.57. The van der Waals surface area contributed by atoms with Crippen molar-refractivity contribution in [2.45, 2.75) is 19.4 Å². The van der Waals surface area contributed by atoms with Crippen LogP contribution in [0.4, 0.5) is 0 Å². The molecule has 23 heavy (non-hydrogen) atoms. The summed E-state index contributed by atoms with van der Waals surface area (Å²) in [5.41, 5.74) is 1.55. The molecule has 3 aromatic rings. The van der Waals surface area contributed by atoms with Crippen molar-refractivity contribution in [1.82, 2.24) is 9.55 Å². The maximum atomic E-state index is 11.7. The molecule has 0 saturated heterocycles. The van der Waals surface area contributed by atoms with Crippen LogP contribution in [0, 0.1) is 0 Å². The van der Waals surface area contributed by atoms with Crippen molar-refractivity contribution in [3.8, 4) is 0 Å². The van der Waals surface area contributed by atoms with E-state index < -0.39 is 11.5 Å². The molecule has 1 aromatic heterocycles. The average molecular weight is 306 g/mol. The number of hydrogen-bond donors (Lipinski definition) is 1. The van der Waals surface area contributed by atoms with E-state index in [0.717, 1.165) is 16.6 Å². The van der Waals surface area contributed by atoms with E-state index in [-0.39, 0.29) is 0 Å². The van der Waals surface area contributed by atoms with Gasteiger partial charge < -0.3 is 9.67 Å². The number of nitrogens with zero attached hydrogens (tertiary/aromatic N) is 2. The summed E-state index contributed by atoms with van der Waals surface area (Å²) < 4.78 is 1.77. The van der Waals surface area contributed by atoms with E-state index in [9.17, 15) is 9.90 Å². The lowest BCUT2D eigenvalue weighted by atomic mass is 10.0. The number of carbonyl (C=O) groups is 1. The third kappa shape index (κ3) is 2.75. The molecular weight excluding hydrogens is 288 g/mol. The second kappa shape index (κ2) is 5.72. The predicted molar refractivity (Wildman–Crippen MR) is 92.1 cm³/mol. The molecule has 4 heteroatoms. The van der Waals surface area contributed by atoms with Gasteiger partial charge in [-0.25, -0.2) is 9.78 Å². The minimum atomic E-state index is -1.09. The van der Waals surface area contributed by atoms with E-state index in [1.807, 2.05) is 66.7 Å². The minimum Gasteiger partial charge on any atom is -0.480 e. The van der Waals surface area contributed by atoms with Crippen molar-refractivity contribution in [2.75, 3.05) is 0 Å². The largest absolute Gasteiger partial charge is 0.480 e. The maximum absolute atomic E-state index is 11.7. The van der Waals surface area contributed by atoms with Crippen LogP contribution in [0.2, 0.25) is 0 Å². The summed E-state index contributed by atoms with van der Waals surface area (Å²) in [6.07, 6.45) is 3.80. The molecule has 0 atom stereocenters. The van der Waals surface area contributed by atoms with Gasteiger partial charge in [-0.1, -0.05) is 48.5 Å². The average Bonchev–Trinajstić information content (AvgIpc) is 2.92. The molecule has 0 saturated carbocycles. The van der Waals surface area contributed by atoms with Crippen molar-refractivity contribution < 1.29 is 9.90 Å². The summed E-state index contributed by atoms with van der Waals surface area (Å²) in [5.74, 6) is -0.266. The molecule has 2 aromatic carbocycles. The van der Waals surface area contributed by atoms with Crippen LogP contribution in [0.25, 0.3) is 23.2 Å². The zero-order chi connectivity index (χ0) is 16.4. The van der Waals surface area contributed by atoms with E-state index in [4.69, 9.17) is 0 Å². The van der Waals surface area contributed by atoms with Gasteiger partial charge in [-0.3, -0.25) is 0 Å². The number of aliphatic carboxylic acids is 1. The fourth-order valence-electron chi connectivity index (χ4n) is 2.57. The Morgan fingerprint density at radius 3 is 2.39 bits per heavy atom. The summed E-state index contributed by atoms with van der Waals surface area (Å²) in [6.45, 7) is 3.37. The van der Waals surface area contributed by atoms with Crippen molar-refractivity contribution in [3.05, 3.63) is 66.0 Å². The van der Waals surface area contributed by atoms with Crippen LogP contribution in [0.3, 0.4) is 0 Å². The molecule has 0 fully saturated rings. The first-order chi connectivity index (χ1) is 11.0. The highest BCUT2D eigenvalue weighted by Gasteiger charge is 2.32. The minimum absolute atomic E-state index is 0.627. The number of hydrogen-bond acceptors (Lipinski definition) is 2. The van der Waals surface area contributed by atoms with Gasteiger partial charge in [-0.15, -0.1) is 0 Å². The third-order valence-corrected chi connectivity index (χ3v) is 3.89. The first-order valence-corrected chi connectivity index (χ1v) is 7.44. The van der Waals surface area contributed by atoms with Gasteiger partial charge in [0.1, 0.15) is 11.4 Å². The number of fused-ring (bicyclic) bond motifs is 1. The summed E-state index contributed by atoms with van der Waals surface area (Å²) in [5, 5.41) is 9.61. The number of carboxylic acid groups (broad SMARTS) is 1. The smallest absolute Gasteiger partial charge is 0.329 e. The highest BCUT2D eigenvalue weighted by molar-refractivity contribution is 5.85. The number of imidazole rings is 1. The Balaban J connectivity index is 2.17. The van der Waals surface area contributed by atoms with Crippen molar-refractivity contribution >= 4 is 29.2 Å². The molecule has 0 spiro atoms. The highest BCUT2D eigenvalue weighted by atomic mass is 16.4. The van der Waals surface area contributed by atoms with E-state index >= 15 is 0 Å². The molecule has 0 unspecified atom stereocenters. The van der Waals surface area contributed by atoms with Crippen molar-refractivity contribution in [2.24, 2.45) is 0 Å². The molecule has 0 bridgehead atoms. The van der Waals surface area contributed by atoms with Crippen LogP contribution in [0.5, 0.6) is 0 Å². The Labute approximate surface area is 134 Å². The molecule has 4 nitrogen and oxygen atoms in total. The number of aromatic nitrogens is 2. The van der Waals surface area contributed by atoms with Crippen molar-refractivity contribution in [3.63, 3.8) is 0 Å². The number of para-hydroxylation sites is 2. The predicted octanol–water partition coefficient (Wildman–Crippen LogP) is 4.03. The number of benzene rings is 2. The lowest BCUT2D eigenvalue weighted by Gasteiger charge is -2.24. The van der Waals surface area contributed by atoms with Crippen LogP contribution < -0.4 is 0 Å². The highest BCUT2D eigenvalue weighted by Crippen LogP contribution is 2.27. The number of rotatable bonds is 4. The van der Waals surface area contributed by atoms with Crippen LogP contribution in [0.1, 0.15) is 25.2 Å². The van der Waals surface area contributed by atoms with E-state index in [0.29, 0.717) is 5.82 Å². The van der Waals surface area contributed by atoms with Crippen LogP contribution in [-0.4, -0.2) is 20.6 Å². The molecule has 0 aliphatic rings. The molecule has 1 N–H and O–H groups in total. The summed E-state index contributed by atoms with van der Waals surface area (Å²) >= 11 is 0. The fraction of sp³-hybridized carbons (Fsp3) is 0.158. The Bertz CT molecular complexity index is 877. The third-order valence-electron chi connectivity index (χ3n) is 3.89. The van der Waals surface area contributed by atoms with Crippen LogP contribution in [0.15, 0.2) is 54.6 Å². The first-order valence-electron chi connectivity index (χ1n) is 7.44. The van der Waals surface area contributed by atoms with Gasteiger partial charge in [-0.05, 0) is 37.6 Å². The molecule has 3 rings (SSSR count). The normalized spacial score (nSPS) is 12.1. The maximum Gasteiger partial charge on any atom is 0.329 e. The molecule has 1 heterocycles. The Morgan fingerprint density at radius 2 is 1.70 bits per heavy atom. The summed E-state index contributed by atoms with van der Waals surface area (Å²) in [7, 11) is 0. The summed E-state index contributed by atoms with van der Waals surface area (Å²) in [6, 6.07) is 17.4. The zero-order valence-electron chi connectivity index (χ0n) is 13.1.